The summed E-state index contributed by atoms with van der Waals surface area (Å²) in [5.41, 5.74) is 6.49. The van der Waals surface area contributed by atoms with Gasteiger partial charge in [-0.3, -0.25) is 9.59 Å². The molecule has 3 rings (SSSR count). The van der Waals surface area contributed by atoms with Crippen LogP contribution in [0, 0.1) is 17.7 Å². The van der Waals surface area contributed by atoms with E-state index in [1.807, 2.05) is 0 Å². The van der Waals surface area contributed by atoms with Gasteiger partial charge in [0, 0.05) is 24.7 Å². The van der Waals surface area contributed by atoms with Crippen LogP contribution in [-0.2, 0) is 4.79 Å². The first kappa shape index (κ1) is 19.7. The summed E-state index contributed by atoms with van der Waals surface area (Å²) < 4.78 is 14.1. The molecule has 7 heteroatoms. The molecule has 138 valence electrons. The van der Waals surface area contributed by atoms with Crippen LogP contribution < -0.4 is 16.4 Å². The number of benzene rings is 1. The van der Waals surface area contributed by atoms with Crippen molar-refractivity contribution in [2.24, 2.45) is 17.6 Å². The van der Waals surface area contributed by atoms with E-state index in [1.54, 1.807) is 0 Å². The fraction of sp³-hybridized carbons (Fsp3) is 0.556. The first-order valence-electron chi connectivity index (χ1n) is 8.57. The minimum Gasteiger partial charge on any atom is -0.349 e. The van der Waals surface area contributed by atoms with E-state index in [9.17, 15) is 14.0 Å². The Morgan fingerprint density at radius 3 is 2.44 bits per heavy atom. The molecule has 2 unspecified atom stereocenters. The van der Waals surface area contributed by atoms with Gasteiger partial charge in [-0.25, -0.2) is 4.39 Å². The van der Waals surface area contributed by atoms with Gasteiger partial charge in [-0.15, -0.1) is 12.4 Å². The van der Waals surface area contributed by atoms with Crippen LogP contribution in [0.3, 0.4) is 0 Å². The van der Waals surface area contributed by atoms with Crippen LogP contribution in [0.25, 0.3) is 0 Å². The highest BCUT2D eigenvalue weighted by atomic mass is 35.5. The highest BCUT2D eigenvalue weighted by Gasteiger charge is 2.40. The van der Waals surface area contributed by atoms with Crippen molar-refractivity contribution in [3.8, 4) is 0 Å². The summed E-state index contributed by atoms with van der Waals surface area (Å²) in [4.78, 5) is 23.7. The average Bonchev–Trinajstić information content (AvgIpc) is 2.49. The molecule has 1 aromatic rings. The van der Waals surface area contributed by atoms with Crippen molar-refractivity contribution in [1.82, 2.24) is 5.32 Å². The average molecular weight is 370 g/mol. The quantitative estimate of drug-likeness (QED) is 0.766. The number of rotatable bonds is 3. The van der Waals surface area contributed by atoms with Gasteiger partial charge >= 0.3 is 0 Å². The third-order valence-electron chi connectivity index (χ3n) is 5.21. The number of hydrogen-bond donors (Lipinski definition) is 3. The molecule has 0 aromatic heterocycles. The van der Waals surface area contributed by atoms with E-state index in [0.29, 0.717) is 17.5 Å². The lowest BCUT2D eigenvalue weighted by Crippen LogP contribution is -2.53. The lowest BCUT2D eigenvalue weighted by atomic mass is 9.67. The number of nitrogens with two attached hydrogens (primary N) is 1. The van der Waals surface area contributed by atoms with Crippen molar-refractivity contribution in [2.45, 2.75) is 51.1 Å². The smallest absolute Gasteiger partial charge is 0.254 e. The molecule has 25 heavy (non-hydrogen) atoms. The number of anilines is 1. The second kappa shape index (κ2) is 8.15. The van der Waals surface area contributed by atoms with Crippen LogP contribution in [-0.4, -0.2) is 23.9 Å². The Bertz CT molecular complexity index is 641. The first-order valence-corrected chi connectivity index (χ1v) is 8.57. The Morgan fingerprint density at radius 1 is 1.20 bits per heavy atom. The normalized spacial score (nSPS) is 27.8. The molecule has 2 amide bonds. The third-order valence-corrected chi connectivity index (χ3v) is 5.21. The topological polar surface area (TPSA) is 84.2 Å². The predicted octanol–water partition coefficient (Wildman–Crippen LogP) is 2.84. The largest absolute Gasteiger partial charge is 0.349 e. The second-order valence-electron chi connectivity index (χ2n) is 7.06. The SMILES string of the molecule is CC(=O)Nc1ccc(F)c(C(=O)NC2C3CCCC2CC(N)C3)c1.Cl. The zero-order chi connectivity index (χ0) is 17.3. The van der Waals surface area contributed by atoms with E-state index in [4.69, 9.17) is 5.73 Å². The molecule has 2 bridgehead atoms. The summed E-state index contributed by atoms with van der Waals surface area (Å²) >= 11 is 0. The van der Waals surface area contributed by atoms with Gasteiger partial charge < -0.3 is 16.4 Å². The van der Waals surface area contributed by atoms with Crippen LogP contribution in [0.15, 0.2) is 18.2 Å². The van der Waals surface area contributed by atoms with E-state index in [-0.39, 0.29) is 36.0 Å². The van der Waals surface area contributed by atoms with Gasteiger partial charge in [-0.1, -0.05) is 6.42 Å². The Kier molecular flexibility index (Phi) is 6.41. The third kappa shape index (κ3) is 4.50. The van der Waals surface area contributed by atoms with Crippen LogP contribution in [0.1, 0.15) is 49.4 Å². The second-order valence-corrected chi connectivity index (χ2v) is 7.06. The fourth-order valence-electron chi connectivity index (χ4n) is 4.23. The molecule has 4 N–H and O–H groups in total. The Hall–Kier alpha value is -1.66. The number of nitrogens with one attached hydrogen (secondary N) is 2. The van der Waals surface area contributed by atoms with Crippen molar-refractivity contribution < 1.29 is 14.0 Å². The number of amides is 2. The molecule has 0 radical (unpaired) electrons. The zero-order valence-electron chi connectivity index (χ0n) is 14.3. The molecule has 5 nitrogen and oxygen atoms in total. The molecule has 2 atom stereocenters. The number of hydrogen-bond acceptors (Lipinski definition) is 3. The lowest BCUT2D eigenvalue weighted by molar-refractivity contribution is -0.114. The van der Waals surface area contributed by atoms with Gasteiger partial charge in [-0.2, -0.15) is 0 Å². The predicted molar refractivity (Wildman–Crippen MR) is 97.2 cm³/mol. The monoisotopic (exact) mass is 369 g/mol. The summed E-state index contributed by atoms with van der Waals surface area (Å²) in [5, 5.41) is 5.61. The van der Waals surface area contributed by atoms with E-state index in [1.165, 1.54) is 31.5 Å². The van der Waals surface area contributed by atoms with Crippen LogP contribution in [0.2, 0.25) is 0 Å². The Morgan fingerprint density at radius 2 is 1.84 bits per heavy atom. The van der Waals surface area contributed by atoms with Crippen LogP contribution >= 0.6 is 12.4 Å². The fourth-order valence-corrected chi connectivity index (χ4v) is 4.23. The maximum atomic E-state index is 14.1. The Labute approximate surface area is 153 Å². The maximum absolute atomic E-state index is 14.1. The van der Waals surface area contributed by atoms with Crippen LogP contribution in [0.4, 0.5) is 10.1 Å². The highest BCUT2D eigenvalue weighted by Crippen LogP contribution is 2.39. The van der Waals surface area contributed by atoms with E-state index in [0.717, 1.165) is 25.7 Å². The first-order chi connectivity index (χ1) is 11.4. The molecule has 0 aliphatic heterocycles. The van der Waals surface area contributed by atoms with Gasteiger partial charge in [0.2, 0.25) is 5.91 Å². The molecule has 0 spiro atoms. The Balaban J connectivity index is 0.00000225. The molecule has 2 aliphatic rings. The van der Waals surface area contributed by atoms with E-state index >= 15 is 0 Å². The molecule has 2 fully saturated rings. The summed E-state index contributed by atoms with van der Waals surface area (Å²) in [6, 6.07) is 4.30. The number of halogens is 2. The number of carbonyl (C=O) groups excluding carboxylic acids is 2. The lowest BCUT2D eigenvalue weighted by Gasteiger charge is -2.45. The van der Waals surface area contributed by atoms with Gasteiger partial charge in [-0.05, 0) is 55.7 Å². The van der Waals surface area contributed by atoms with Gasteiger partial charge in [0.05, 0.1) is 5.56 Å². The molecule has 0 saturated heterocycles. The summed E-state index contributed by atoms with van der Waals surface area (Å²) in [7, 11) is 0. The molecular formula is C18H25ClFN3O2. The number of fused-ring (bicyclic) bond motifs is 2. The van der Waals surface area contributed by atoms with Crippen molar-refractivity contribution >= 4 is 29.9 Å². The zero-order valence-corrected chi connectivity index (χ0v) is 15.1. The summed E-state index contributed by atoms with van der Waals surface area (Å²) in [5.74, 6) is -0.517. The van der Waals surface area contributed by atoms with E-state index in [2.05, 4.69) is 10.6 Å². The number of carbonyl (C=O) groups is 2. The minimum atomic E-state index is -0.584. The van der Waals surface area contributed by atoms with Crippen molar-refractivity contribution in [3.63, 3.8) is 0 Å². The highest BCUT2D eigenvalue weighted by molar-refractivity contribution is 5.97. The molecule has 2 aliphatic carbocycles. The molecule has 1 aromatic carbocycles. The van der Waals surface area contributed by atoms with Gasteiger partial charge in [0.1, 0.15) is 5.82 Å². The van der Waals surface area contributed by atoms with Crippen molar-refractivity contribution in [3.05, 3.63) is 29.6 Å². The van der Waals surface area contributed by atoms with Gasteiger partial charge in [0.25, 0.3) is 5.91 Å². The van der Waals surface area contributed by atoms with Crippen molar-refractivity contribution in [1.29, 1.82) is 0 Å². The molecule has 2 saturated carbocycles. The van der Waals surface area contributed by atoms with Crippen LogP contribution in [0.5, 0.6) is 0 Å². The summed E-state index contributed by atoms with van der Waals surface area (Å²) in [6.07, 6.45) is 5.11. The molecular weight excluding hydrogens is 345 g/mol. The molecule has 0 heterocycles. The maximum Gasteiger partial charge on any atom is 0.254 e. The van der Waals surface area contributed by atoms with E-state index < -0.39 is 11.7 Å². The standard InChI is InChI=1S/C18H24FN3O2.ClH/c1-10(23)21-14-5-6-16(19)15(9-14)18(24)22-17-11-3-2-4-12(17)8-13(20)7-11;/h5-6,9,11-13,17H,2-4,7-8,20H2,1H3,(H,21,23)(H,22,24);1H. The minimum absolute atomic E-state index is 0. The van der Waals surface area contributed by atoms with Gasteiger partial charge in [0.15, 0.2) is 0 Å². The van der Waals surface area contributed by atoms with Crippen molar-refractivity contribution in [2.75, 3.05) is 5.32 Å². The summed E-state index contributed by atoms with van der Waals surface area (Å²) in [6.45, 7) is 1.37.